The summed E-state index contributed by atoms with van der Waals surface area (Å²) in [5, 5.41) is 14.3. The zero-order chi connectivity index (χ0) is 22.6. The Bertz CT molecular complexity index is 947. The van der Waals surface area contributed by atoms with Crippen molar-refractivity contribution in [3.05, 3.63) is 76.6 Å². The van der Waals surface area contributed by atoms with Gasteiger partial charge in [0.2, 0.25) is 0 Å². The first-order valence-corrected chi connectivity index (χ1v) is 10.2. The fourth-order valence-corrected chi connectivity index (χ4v) is 3.42. The van der Waals surface area contributed by atoms with E-state index < -0.39 is 0 Å². The summed E-state index contributed by atoms with van der Waals surface area (Å²) in [6.07, 6.45) is 7.06. The van der Waals surface area contributed by atoms with Crippen LogP contribution in [0, 0.1) is 5.41 Å². The van der Waals surface area contributed by atoms with E-state index in [2.05, 4.69) is 22.1 Å². The van der Waals surface area contributed by atoms with Crippen molar-refractivity contribution in [1.29, 1.82) is 5.41 Å². The molecule has 0 fully saturated rings. The van der Waals surface area contributed by atoms with Gasteiger partial charge in [0.25, 0.3) is 0 Å². The van der Waals surface area contributed by atoms with Gasteiger partial charge in [-0.25, -0.2) is 0 Å². The number of aldehydes is 1. The second kappa shape index (κ2) is 12.3. The summed E-state index contributed by atoms with van der Waals surface area (Å²) in [7, 11) is 1.81. The highest BCUT2D eigenvalue weighted by atomic mass is 16.1. The van der Waals surface area contributed by atoms with Crippen LogP contribution >= 0.6 is 0 Å². The Hall–Kier alpha value is -3.42. The van der Waals surface area contributed by atoms with Crippen molar-refractivity contribution in [3.8, 4) is 0 Å². The molecule has 31 heavy (non-hydrogen) atoms. The minimum Gasteiger partial charge on any atom is -0.402 e. The van der Waals surface area contributed by atoms with Crippen LogP contribution in [0.4, 0.5) is 5.69 Å². The first-order valence-electron chi connectivity index (χ1n) is 10.2. The summed E-state index contributed by atoms with van der Waals surface area (Å²) in [5.74, 6) is 5.57. The molecule has 7 nitrogen and oxygen atoms in total. The smallest absolute Gasteiger partial charge is 0.124 e. The molecule has 0 spiro atoms. The van der Waals surface area contributed by atoms with E-state index in [0.717, 1.165) is 46.2 Å². The van der Waals surface area contributed by atoms with Gasteiger partial charge in [-0.15, -0.1) is 0 Å². The lowest BCUT2D eigenvalue weighted by molar-refractivity contribution is -0.107. The van der Waals surface area contributed by atoms with Crippen molar-refractivity contribution in [2.75, 3.05) is 18.9 Å². The monoisotopic (exact) mass is 420 g/mol. The molecular weight excluding hydrogens is 388 g/mol. The molecule has 2 aromatic rings. The lowest BCUT2D eigenvalue weighted by Crippen LogP contribution is -2.26. The molecule has 0 radical (unpaired) electrons. The summed E-state index contributed by atoms with van der Waals surface area (Å²) in [6.45, 7) is 2.46. The highest BCUT2D eigenvalue weighted by Crippen LogP contribution is 2.30. The molecule has 8 N–H and O–H groups in total. The van der Waals surface area contributed by atoms with Crippen LogP contribution in [0.25, 0.3) is 11.6 Å². The van der Waals surface area contributed by atoms with E-state index in [1.165, 1.54) is 6.21 Å². The Kier molecular flexibility index (Phi) is 9.48. The van der Waals surface area contributed by atoms with Crippen molar-refractivity contribution >= 4 is 29.8 Å². The van der Waals surface area contributed by atoms with Crippen molar-refractivity contribution in [3.63, 3.8) is 0 Å². The normalized spacial score (nSPS) is 12.9. The van der Waals surface area contributed by atoms with Gasteiger partial charge in [0.05, 0.1) is 6.04 Å². The van der Waals surface area contributed by atoms with Gasteiger partial charge in [0, 0.05) is 49.4 Å². The van der Waals surface area contributed by atoms with Crippen LogP contribution in [0.1, 0.15) is 41.6 Å². The first kappa shape index (κ1) is 23.9. The molecule has 0 saturated heterocycles. The molecule has 7 heteroatoms. The van der Waals surface area contributed by atoms with E-state index in [9.17, 15) is 4.79 Å². The largest absolute Gasteiger partial charge is 0.402 e. The Morgan fingerprint density at radius 3 is 2.68 bits per heavy atom. The van der Waals surface area contributed by atoms with Crippen molar-refractivity contribution < 1.29 is 4.79 Å². The average molecular weight is 421 g/mol. The van der Waals surface area contributed by atoms with Gasteiger partial charge in [-0.1, -0.05) is 24.3 Å². The third kappa shape index (κ3) is 7.09. The number of carbonyl (C=O) groups is 1. The summed E-state index contributed by atoms with van der Waals surface area (Å²) in [6, 6.07) is 13.8. The zero-order valence-corrected chi connectivity index (χ0v) is 18.1. The highest BCUT2D eigenvalue weighted by Gasteiger charge is 2.16. The summed E-state index contributed by atoms with van der Waals surface area (Å²) in [4.78, 5) is 10.9. The minimum atomic E-state index is -0.0744. The number of rotatable bonds is 12. The van der Waals surface area contributed by atoms with E-state index in [1.54, 1.807) is 6.20 Å². The van der Waals surface area contributed by atoms with E-state index in [1.807, 2.05) is 56.4 Å². The van der Waals surface area contributed by atoms with E-state index >= 15 is 0 Å². The molecule has 0 aliphatic rings. The molecule has 164 valence electrons. The van der Waals surface area contributed by atoms with Gasteiger partial charge < -0.3 is 26.6 Å². The number of hydrazine groups is 1. The molecule has 1 unspecified atom stereocenters. The fourth-order valence-electron chi connectivity index (χ4n) is 3.42. The van der Waals surface area contributed by atoms with Gasteiger partial charge >= 0.3 is 0 Å². The maximum Gasteiger partial charge on any atom is 0.124 e. The number of allylic oxidation sites excluding steroid dienone is 2. The third-order valence-corrected chi connectivity index (χ3v) is 4.80. The van der Waals surface area contributed by atoms with Crippen molar-refractivity contribution in [1.82, 2.24) is 10.7 Å². The molecular formula is C24H32N6O. The molecule has 0 aliphatic carbocycles. The van der Waals surface area contributed by atoms with Gasteiger partial charge in [0.1, 0.15) is 6.29 Å². The molecule has 1 atom stereocenters. The van der Waals surface area contributed by atoms with E-state index in [4.69, 9.17) is 17.0 Å². The molecule has 0 aliphatic heterocycles. The van der Waals surface area contributed by atoms with Crippen LogP contribution in [0.15, 0.2) is 54.4 Å². The third-order valence-electron chi connectivity index (χ3n) is 4.80. The molecule has 2 aromatic carbocycles. The van der Waals surface area contributed by atoms with Crippen molar-refractivity contribution in [2.45, 2.75) is 25.8 Å². The Morgan fingerprint density at radius 2 is 2.03 bits per heavy atom. The lowest BCUT2D eigenvalue weighted by atomic mass is 9.92. The van der Waals surface area contributed by atoms with Gasteiger partial charge in [-0.05, 0) is 59.9 Å². The first-order chi connectivity index (χ1) is 15.0. The predicted octanol–water partition coefficient (Wildman–Crippen LogP) is 2.96. The standard InChI is InChI=1S/C24H32N6O/c1-17(26)12-20-7-6-19(21(15-25)16-28-2)14-23(20)24(8-10-29-27)30-22-5-3-4-18(13-22)9-11-31/h3-7,11-16,24-25,28-30H,8-10,26-27H2,1-2H3/b17-12+,21-16+,25-15?. The Morgan fingerprint density at radius 1 is 1.23 bits per heavy atom. The van der Waals surface area contributed by atoms with Crippen LogP contribution < -0.4 is 27.6 Å². The maximum absolute atomic E-state index is 10.9. The van der Waals surface area contributed by atoms with Crippen molar-refractivity contribution in [2.24, 2.45) is 11.6 Å². The SMILES string of the molecule is CN/C=C(\C=N)c1ccc(/C=C(\C)N)c(C(CCNN)Nc2cccc(CC=O)c2)c1. The molecule has 0 aromatic heterocycles. The van der Waals surface area contributed by atoms with Crippen LogP contribution in [0.3, 0.4) is 0 Å². The Labute approximate surface area is 184 Å². The van der Waals surface area contributed by atoms with Gasteiger partial charge in [-0.3, -0.25) is 11.3 Å². The Balaban J connectivity index is 2.55. The van der Waals surface area contributed by atoms with Crippen LogP contribution in [-0.4, -0.2) is 26.1 Å². The van der Waals surface area contributed by atoms with Crippen LogP contribution in [0.2, 0.25) is 0 Å². The van der Waals surface area contributed by atoms with Gasteiger partial charge in [0.15, 0.2) is 0 Å². The molecule has 2 rings (SSSR count). The number of nitrogens with two attached hydrogens (primary N) is 2. The summed E-state index contributed by atoms with van der Waals surface area (Å²) < 4.78 is 0. The van der Waals surface area contributed by atoms with E-state index in [-0.39, 0.29) is 6.04 Å². The van der Waals surface area contributed by atoms with Crippen LogP contribution in [0.5, 0.6) is 0 Å². The number of hydrogen-bond acceptors (Lipinski definition) is 7. The number of carbonyl (C=O) groups excluding carboxylic acids is 1. The van der Waals surface area contributed by atoms with Gasteiger partial charge in [-0.2, -0.15) is 0 Å². The zero-order valence-electron chi connectivity index (χ0n) is 18.1. The fraction of sp³-hybridized carbons (Fsp3) is 0.250. The van der Waals surface area contributed by atoms with Crippen LogP contribution in [-0.2, 0) is 11.2 Å². The summed E-state index contributed by atoms with van der Waals surface area (Å²) in [5.41, 5.74) is 15.0. The molecule has 0 heterocycles. The molecule has 0 amide bonds. The maximum atomic E-state index is 10.9. The number of anilines is 1. The second-order valence-electron chi connectivity index (χ2n) is 7.28. The predicted molar refractivity (Wildman–Crippen MR) is 129 cm³/mol. The highest BCUT2D eigenvalue weighted by molar-refractivity contribution is 6.08. The number of nitrogens with one attached hydrogen (secondary N) is 4. The minimum absolute atomic E-state index is 0.0744. The quantitative estimate of drug-likeness (QED) is 0.136. The molecule has 0 bridgehead atoms. The topological polar surface area (TPSA) is 129 Å². The average Bonchev–Trinajstić information content (AvgIpc) is 2.75. The second-order valence-corrected chi connectivity index (χ2v) is 7.28. The lowest BCUT2D eigenvalue weighted by Gasteiger charge is -2.24. The number of hydrogen-bond donors (Lipinski definition) is 6. The molecule has 0 saturated carbocycles. The number of benzene rings is 2. The van der Waals surface area contributed by atoms with E-state index in [0.29, 0.717) is 18.7 Å². The summed E-state index contributed by atoms with van der Waals surface area (Å²) >= 11 is 0.